The Labute approximate surface area is 195 Å². The van der Waals surface area contributed by atoms with Crippen LogP contribution in [-0.2, 0) is 16.4 Å². The molecule has 2 heterocycles. The van der Waals surface area contributed by atoms with Gasteiger partial charge in [0.1, 0.15) is 5.75 Å². The number of para-hydroxylation sites is 1. The van der Waals surface area contributed by atoms with Gasteiger partial charge >= 0.3 is 0 Å². The summed E-state index contributed by atoms with van der Waals surface area (Å²) in [5.41, 5.74) is 1.96. The highest BCUT2D eigenvalue weighted by atomic mass is 35.5. The number of sulfonamides is 1. The summed E-state index contributed by atoms with van der Waals surface area (Å²) in [6.07, 6.45) is 0.627. The summed E-state index contributed by atoms with van der Waals surface area (Å²) < 4.78 is 44.1. The van der Waals surface area contributed by atoms with Crippen molar-refractivity contribution in [1.82, 2.24) is 0 Å². The van der Waals surface area contributed by atoms with Crippen LogP contribution in [0, 0.1) is 0 Å². The van der Waals surface area contributed by atoms with Gasteiger partial charge in [0.2, 0.25) is 6.79 Å². The number of amides is 1. The first-order chi connectivity index (χ1) is 15.9. The van der Waals surface area contributed by atoms with Crippen LogP contribution in [0.3, 0.4) is 0 Å². The normalized spacial score (nSPS) is 14.2. The van der Waals surface area contributed by atoms with Crippen LogP contribution in [0.15, 0.2) is 59.5 Å². The van der Waals surface area contributed by atoms with Crippen LogP contribution in [0.2, 0.25) is 5.02 Å². The number of rotatable bonds is 5. The molecule has 0 unspecified atom stereocenters. The summed E-state index contributed by atoms with van der Waals surface area (Å²) in [5.74, 6) is 0.580. The van der Waals surface area contributed by atoms with Gasteiger partial charge in [-0.2, -0.15) is 0 Å². The molecule has 2 aliphatic rings. The van der Waals surface area contributed by atoms with E-state index >= 15 is 0 Å². The van der Waals surface area contributed by atoms with E-state index in [9.17, 15) is 13.2 Å². The summed E-state index contributed by atoms with van der Waals surface area (Å²) in [5, 5.41) is 2.95. The monoisotopic (exact) mass is 486 g/mol. The molecule has 3 aromatic carbocycles. The number of benzene rings is 3. The maximum absolute atomic E-state index is 13.4. The molecular weight excluding hydrogens is 468 g/mol. The fourth-order valence-electron chi connectivity index (χ4n) is 3.91. The number of anilines is 2. The van der Waals surface area contributed by atoms with Gasteiger partial charge in [0.15, 0.2) is 11.5 Å². The third kappa shape index (κ3) is 3.73. The lowest BCUT2D eigenvalue weighted by Gasteiger charge is -2.20. The van der Waals surface area contributed by atoms with E-state index < -0.39 is 15.9 Å². The SMILES string of the molecule is COc1ccc(S(=O)(=O)N2CCc3ccccc32)cc1C(=O)Nc1cc2c(cc1Cl)OCO2. The molecule has 0 spiro atoms. The molecule has 0 saturated carbocycles. The largest absolute Gasteiger partial charge is 0.496 e. The number of nitrogens with zero attached hydrogens (tertiary/aromatic N) is 1. The number of halogens is 1. The van der Waals surface area contributed by atoms with Gasteiger partial charge < -0.3 is 19.5 Å². The number of methoxy groups -OCH3 is 1. The molecule has 10 heteroatoms. The standard InChI is InChI=1S/C23H19ClN2O6S/c1-30-20-7-6-15(33(28,29)26-9-8-14-4-2-3-5-19(14)26)10-16(20)23(27)25-18-12-22-21(11-17(18)24)31-13-32-22/h2-7,10-12H,8-9,13H2,1H3,(H,25,27). The summed E-state index contributed by atoms with van der Waals surface area (Å²) in [6.45, 7) is 0.401. The van der Waals surface area contributed by atoms with Gasteiger partial charge in [0.25, 0.3) is 15.9 Å². The summed E-state index contributed by atoms with van der Waals surface area (Å²) in [6, 6.07) is 14.7. The van der Waals surface area contributed by atoms with Crippen molar-refractivity contribution in [3.8, 4) is 17.2 Å². The quantitative estimate of drug-likeness (QED) is 0.584. The highest BCUT2D eigenvalue weighted by Crippen LogP contribution is 2.40. The van der Waals surface area contributed by atoms with Crippen molar-refractivity contribution in [1.29, 1.82) is 0 Å². The molecule has 0 aliphatic carbocycles. The molecular formula is C23H19ClN2O6S. The zero-order valence-corrected chi connectivity index (χ0v) is 19.1. The number of hydrogen-bond donors (Lipinski definition) is 1. The Balaban J connectivity index is 1.49. The second-order valence-electron chi connectivity index (χ2n) is 7.46. The second-order valence-corrected chi connectivity index (χ2v) is 9.73. The smallest absolute Gasteiger partial charge is 0.264 e. The van der Waals surface area contributed by atoms with E-state index in [-0.39, 0.29) is 28.0 Å². The van der Waals surface area contributed by atoms with Gasteiger partial charge in [-0.15, -0.1) is 0 Å². The minimum Gasteiger partial charge on any atom is -0.496 e. The van der Waals surface area contributed by atoms with Crippen molar-refractivity contribution in [3.05, 3.63) is 70.7 Å². The van der Waals surface area contributed by atoms with Crippen LogP contribution in [0.5, 0.6) is 17.2 Å². The van der Waals surface area contributed by atoms with Gasteiger partial charge in [0, 0.05) is 18.7 Å². The van der Waals surface area contributed by atoms with Gasteiger partial charge in [-0.1, -0.05) is 29.8 Å². The van der Waals surface area contributed by atoms with Gasteiger partial charge in [-0.3, -0.25) is 9.10 Å². The molecule has 0 bridgehead atoms. The molecule has 1 amide bonds. The lowest BCUT2D eigenvalue weighted by molar-refractivity contribution is 0.102. The predicted octanol–water partition coefficient (Wildman–Crippen LogP) is 4.08. The van der Waals surface area contributed by atoms with Crippen LogP contribution in [0.25, 0.3) is 0 Å². The molecule has 0 radical (unpaired) electrons. The van der Waals surface area contributed by atoms with Crippen LogP contribution >= 0.6 is 11.6 Å². The predicted molar refractivity (Wildman–Crippen MR) is 123 cm³/mol. The average molecular weight is 487 g/mol. The van der Waals surface area contributed by atoms with Crippen LogP contribution in [0.1, 0.15) is 15.9 Å². The first-order valence-electron chi connectivity index (χ1n) is 10.1. The highest BCUT2D eigenvalue weighted by molar-refractivity contribution is 7.92. The molecule has 8 nitrogen and oxygen atoms in total. The zero-order valence-electron chi connectivity index (χ0n) is 17.5. The number of nitrogens with one attached hydrogen (secondary N) is 1. The van der Waals surface area contributed by atoms with E-state index in [0.717, 1.165) is 5.56 Å². The second kappa shape index (κ2) is 8.17. The van der Waals surface area contributed by atoms with Gasteiger partial charge in [-0.05, 0) is 36.2 Å². The Hall–Kier alpha value is -3.43. The van der Waals surface area contributed by atoms with Crippen LogP contribution < -0.4 is 23.8 Å². The Morgan fingerprint density at radius 3 is 2.64 bits per heavy atom. The van der Waals surface area contributed by atoms with E-state index in [0.29, 0.717) is 35.8 Å². The van der Waals surface area contributed by atoms with Gasteiger partial charge in [0.05, 0.1) is 34.0 Å². The average Bonchev–Trinajstić information content (AvgIpc) is 3.45. The van der Waals surface area contributed by atoms with Crippen molar-refractivity contribution < 1.29 is 27.4 Å². The molecule has 1 N–H and O–H groups in total. The Bertz CT molecular complexity index is 1380. The molecule has 3 aromatic rings. The van der Waals surface area contributed by atoms with Crippen molar-refractivity contribution in [3.63, 3.8) is 0 Å². The van der Waals surface area contributed by atoms with E-state index in [1.165, 1.54) is 29.6 Å². The fourth-order valence-corrected chi connectivity index (χ4v) is 5.64. The van der Waals surface area contributed by atoms with Crippen molar-refractivity contribution in [2.24, 2.45) is 0 Å². The minimum atomic E-state index is -3.89. The third-order valence-electron chi connectivity index (χ3n) is 5.56. The minimum absolute atomic E-state index is 0.0121. The zero-order chi connectivity index (χ0) is 23.2. The molecule has 170 valence electrons. The van der Waals surface area contributed by atoms with E-state index in [1.54, 1.807) is 24.3 Å². The first-order valence-corrected chi connectivity index (χ1v) is 11.9. The number of carbonyl (C=O) groups excluding carboxylic acids is 1. The van der Waals surface area contributed by atoms with Crippen molar-refractivity contribution in [2.45, 2.75) is 11.3 Å². The van der Waals surface area contributed by atoms with E-state index in [2.05, 4.69) is 5.32 Å². The van der Waals surface area contributed by atoms with Crippen molar-refractivity contribution >= 4 is 38.9 Å². The van der Waals surface area contributed by atoms with E-state index in [1.807, 2.05) is 12.1 Å². The molecule has 2 aliphatic heterocycles. The fraction of sp³-hybridized carbons (Fsp3) is 0.174. The Morgan fingerprint density at radius 2 is 1.85 bits per heavy atom. The maximum Gasteiger partial charge on any atom is 0.264 e. The number of hydrogen-bond acceptors (Lipinski definition) is 6. The van der Waals surface area contributed by atoms with Crippen molar-refractivity contribution in [2.75, 3.05) is 30.1 Å². The Kier molecular flexibility index (Phi) is 5.30. The lowest BCUT2D eigenvalue weighted by atomic mass is 10.1. The molecule has 0 aromatic heterocycles. The topological polar surface area (TPSA) is 94.2 Å². The van der Waals surface area contributed by atoms with Gasteiger partial charge in [-0.25, -0.2) is 8.42 Å². The lowest BCUT2D eigenvalue weighted by Crippen LogP contribution is -2.29. The first kappa shape index (κ1) is 21.4. The number of ether oxygens (including phenoxy) is 3. The third-order valence-corrected chi connectivity index (χ3v) is 7.68. The molecule has 5 rings (SSSR count). The molecule has 0 saturated heterocycles. The Morgan fingerprint density at radius 1 is 1.09 bits per heavy atom. The molecule has 33 heavy (non-hydrogen) atoms. The summed E-state index contributed by atoms with van der Waals surface area (Å²) in [7, 11) is -2.48. The number of carbonyl (C=O) groups is 1. The molecule has 0 fully saturated rings. The number of fused-ring (bicyclic) bond motifs is 2. The summed E-state index contributed by atoms with van der Waals surface area (Å²) >= 11 is 6.27. The molecule has 0 atom stereocenters. The van der Waals surface area contributed by atoms with Crippen LogP contribution in [0.4, 0.5) is 11.4 Å². The van der Waals surface area contributed by atoms with Crippen LogP contribution in [-0.4, -0.2) is 34.8 Å². The van der Waals surface area contributed by atoms with E-state index in [4.69, 9.17) is 25.8 Å². The highest BCUT2D eigenvalue weighted by Gasteiger charge is 2.31. The maximum atomic E-state index is 13.4. The summed E-state index contributed by atoms with van der Waals surface area (Å²) in [4.78, 5) is 13.1.